The quantitative estimate of drug-likeness (QED) is 0.0805. The van der Waals surface area contributed by atoms with Gasteiger partial charge in [-0.2, -0.15) is 0 Å². The molecule has 18 heteroatoms. The van der Waals surface area contributed by atoms with E-state index in [-0.39, 0.29) is 56.7 Å². The largest absolute Gasteiger partial charge is 0.673 e. The van der Waals surface area contributed by atoms with Crippen LogP contribution >= 0.6 is 15.8 Å². The Labute approximate surface area is 442 Å². The topological polar surface area (TPSA) is 36.9 Å². The molecule has 0 amide bonds. The zero-order valence-corrected chi connectivity index (χ0v) is 45.8. The fourth-order valence-corrected chi connectivity index (χ4v) is 18.8. The van der Waals surface area contributed by atoms with Gasteiger partial charge in [0.15, 0.2) is 0 Å². The van der Waals surface area contributed by atoms with Crippen LogP contribution in [0, 0.1) is 0 Å². The summed E-state index contributed by atoms with van der Waals surface area (Å²) in [6.07, 6.45) is 28.3. The van der Waals surface area contributed by atoms with Crippen LogP contribution in [0.3, 0.4) is 0 Å². The molecule has 0 aromatic heterocycles. The maximum Gasteiger partial charge on any atom is 0.673 e. The third kappa shape index (κ3) is 19.3. The molecule has 70 heavy (non-hydrogen) atoms. The molecule has 4 aliphatic carbocycles. The molecule has 0 unspecified atom stereocenters. The normalized spacial score (nSPS) is 17.2. The third-order valence-electron chi connectivity index (χ3n) is 13.6. The molecular formula is C52H70B2F8O4P2Pd2-2. The van der Waals surface area contributed by atoms with Gasteiger partial charge in [-0.25, -0.2) is 0 Å². The van der Waals surface area contributed by atoms with Gasteiger partial charge in [0, 0.05) is 40.8 Å². The Hall–Kier alpha value is -2.17. The molecule has 0 atom stereocenters. The van der Waals surface area contributed by atoms with E-state index in [1.165, 1.54) is 140 Å². The van der Waals surface area contributed by atoms with E-state index < -0.39 is 14.5 Å². The summed E-state index contributed by atoms with van der Waals surface area (Å²) in [5.41, 5.74) is 8.45. The molecule has 8 rings (SSSR count). The Bertz CT molecular complexity index is 1860. The number of benzene rings is 4. The van der Waals surface area contributed by atoms with Crippen LogP contribution in [-0.4, -0.2) is 65.6 Å². The molecule has 4 nitrogen and oxygen atoms in total. The van der Waals surface area contributed by atoms with Crippen molar-refractivity contribution >= 4 is 41.0 Å². The van der Waals surface area contributed by atoms with Crippen molar-refractivity contribution < 1.29 is 94.3 Å². The van der Waals surface area contributed by atoms with Crippen molar-refractivity contribution in [2.75, 3.05) is 28.4 Å². The second-order valence-corrected chi connectivity index (χ2v) is 23.6. The van der Waals surface area contributed by atoms with Gasteiger partial charge in [-0.15, -0.1) is 0 Å². The summed E-state index contributed by atoms with van der Waals surface area (Å²) in [7, 11) is -5.29. The molecule has 396 valence electrons. The van der Waals surface area contributed by atoms with Gasteiger partial charge in [0.1, 0.15) is 23.0 Å². The fourth-order valence-electron chi connectivity index (χ4n) is 10.9. The van der Waals surface area contributed by atoms with Crippen LogP contribution in [0.25, 0.3) is 22.3 Å². The van der Waals surface area contributed by atoms with Crippen LogP contribution in [0.1, 0.15) is 128 Å². The maximum atomic E-state index is 9.75. The summed E-state index contributed by atoms with van der Waals surface area (Å²) in [4.78, 5) is 0. The predicted octanol–water partition coefficient (Wildman–Crippen LogP) is 16.9. The summed E-state index contributed by atoms with van der Waals surface area (Å²) < 4.78 is 101. The number of rotatable bonds is 12. The standard InChI is InChI=1S/2C26H35O2P.2BF4.2Pd/c2*1-27-23-17-11-18-24(28-2)26(23)22-16-9-10-19-25(22)29(20-12-5-3-6-13-20)21-14-7-4-8-15-21;2*2-1(3,4)5;;/h2*9-11,16-21H,3-8,12-15H2,1-2H3;;;;/q;;2*-1;;. The van der Waals surface area contributed by atoms with Gasteiger partial charge in [0.2, 0.25) is 0 Å². The molecule has 4 aliphatic rings. The second-order valence-electron chi connectivity index (χ2n) is 18.1. The van der Waals surface area contributed by atoms with Gasteiger partial charge in [-0.3, -0.25) is 0 Å². The van der Waals surface area contributed by atoms with Gasteiger partial charge in [0.25, 0.3) is 0 Å². The van der Waals surface area contributed by atoms with Gasteiger partial charge >= 0.3 is 14.5 Å². The first-order valence-corrected chi connectivity index (χ1v) is 27.5. The van der Waals surface area contributed by atoms with E-state index in [1.54, 1.807) is 39.0 Å². The molecule has 4 aromatic rings. The summed E-state index contributed by atoms with van der Waals surface area (Å²) in [5.74, 6) is 3.66. The second kappa shape index (κ2) is 31.5. The summed E-state index contributed by atoms with van der Waals surface area (Å²) in [5, 5.41) is 3.17. The van der Waals surface area contributed by atoms with E-state index in [0.29, 0.717) is 0 Å². The van der Waals surface area contributed by atoms with E-state index in [1.807, 2.05) is 12.1 Å². The van der Waals surface area contributed by atoms with Crippen molar-refractivity contribution in [2.45, 2.75) is 151 Å². The Morgan fingerprint density at radius 3 is 0.771 bits per heavy atom. The van der Waals surface area contributed by atoms with E-state index in [9.17, 15) is 34.5 Å². The Balaban J connectivity index is 0.000000303. The van der Waals surface area contributed by atoms with E-state index in [2.05, 4.69) is 72.8 Å². The minimum Gasteiger partial charge on any atom is -0.496 e. The Morgan fingerprint density at radius 1 is 0.343 bits per heavy atom. The first kappa shape index (κ1) is 62.1. The van der Waals surface area contributed by atoms with Gasteiger partial charge in [-0.1, -0.05) is 154 Å². The maximum absolute atomic E-state index is 9.75. The molecule has 0 saturated heterocycles. The van der Waals surface area contributed by atoms with Crippen molar-refractivity contribution in [2.24, 2.45) is 0 Å². The average molecular weight is 1210 g/mol. The first-order valence-electron chi connectivity index (χ1n) is 24.6. The van der Waals surface area contributed by atoms with Crippen molar-refractivity contribution in [3.8, 4) is 45.3 Å². The van der Waals surface area contributed by atoms with Crippen molar-refractivity contribution in [3.63, 3.8) is 0 Å². The molecule has 0 bridgehead atoms. The molecule has 0 heterocycles. The van der Waals surface area contributed by atoms with E-state index in [0.717, 1.165) is 56.8 Å². The SMILES string of the molecule is COc1cccc(OC)c1-c1ccccc1P(C1CCCCC1)C1CCCCC1.COc1cccc(OC)c1-c1ccccc1P(C1CCCCC1)C1CCCCC1.F[B-](F)(F)F.F[B-](F)(F)F.[Pd].[Pd]. The zero-order chi connectivity index (χ0) is 49.1. The molecule has 0 spiro atoms. The summed E-state index contributed by atoms with van der Waals surface area (Å²) in [6.45, 7) is 0. The Morgan fingerprint density at radius 2 is 0.557 bits per heavy atom. The van der Waals surface area contributed by atoms with Crippen LogP contribution in [0.2, 0.25) is 0 Å². The minimum absolute atomic E-state index is 0. The van der Waals surface area contributed by atoms with Gasteiger partial charge in [0.05, 0.1) is 39.6 Å². The van der Waals surface area contributed by atoms with Crippen molar-refractivity contribution in [1.82, 2.24) is 0 Å². The summed E-state index contributed by atoms with van der Waals surface area (Å²) >= 11 is 0. The molecule has 0 radical (unpaired) electrons. The number of ether oxygens (including phenoxy) is 4. The van der Waals surface area contributed by atoms with Crippen LogP contribution in [0.4, 0.5) is 34.5 Å². The van der Waals surface area contributed by atoms with E-state index >= 15 is 0 Å². The molecule has 0 aliphatic heterocycles. The average Bonchev–Trinajstić information content (AvgIpc) is 3.34. The van der Waals surface area contributed by atoms with Crippen molar-refractivity contribution in [1.29, 1.82) is 0 Å². The monoisotopic (exact) mass is 1210 g/mol. The predicted molar refractivity (Wildman–Crippen MR) is 271 cm³/mol. The molecule has 0 N–H and O–H groups in total. The van der Waals surface area contributed by atoms with Crippen LogP contribution in [0.5, 0.6) is 23.0 Å². The molecule has 4 aromatic carbocycles. The number of hydrogen-bond acceptors (Lipinski definition) is 4. The summed E-state index contributed by atoms with van der Waals surface area (Å²) in [6, 6.07) is 30.6. The van der Waals surface area contributed by atoms with Crippen LogP contribution in [0.15, 0.2) is 84.9 Å². The van der Waals surface area contributed by atoms with Crippen LogP contribution < -0.4 is 29.6 Å². The zero-order valence-electron chi connectivity index (χ0n) is 40.9. The number of hydrogen-bond donors (Lipinski definition) is 0. The molecule has 4 fully saturated rings. The molecular weight excluding hydrogens is 1140 g/mol. The van der Waals surface area contributed by atoms with Crippen molar-refractivity contribution in [3.05, 3.63) is 84.9 Å². The first-order chi connectivity index (χ1) is 32.7. The van der Waals surface area contributed by atoms with Gasteiger partial charge < -0.3 is 53.5 Å². The number of methoxy groups -OCH3 is 4. The van der Waals surface area contributed by atoms with Crippen LogP contribution in [-0.2, 0) is 40.8 Å². The molecule has 4 saturated carbocycles. The van der Waals surface area contributed by atoms with Gasteiger partial charge in [-0.05, 0) is 120 Å². The minimum atomic E-state index is -6.00. The fraction of sp³-hybridized carbons (Fsp3) is 0.538. The third-order valence-corrected chi connectivity index (χ3v) is 20.7. The number of halogens is 8. The van der Waals surface area contributed by atoms with E-state index in [4.69, 9.17) is 18.9 Å². The Kier molecular flexibility index (Phi) is 28.0. The smallest absolute Gasteiger partial charge is 0.496 e.